The van der Waals surface area contributed by atoms with E-state index in [4.69, 9.17) is 4.98 Å². The van der Waals surface area contributed by atoms with Crippen molar-refractivity contribution in [1.82, 2.24) is 34.5 Å². The van der Waals surface area contributed by atoms with Crippen molar-refractivity contribution in [2.45, 2.75) is 18.9 Å². The third-order valence-electron chi connectivity index (χ3n) is 7.57. The van der Waals surface area contributed by atoms with Gasteiger partial charge in [-0.2, -0.15) is 19.1 Å². The van der Waals surface area contributed by atoms with Crippen molar-refractivity contribution in [3.63, 3.8) is 0 Å². The van der Waals surface area contributed by atoms with E-state index in [1.54, 1.807) is 35.7 Å². The monoisotopic (exact) mass is 560 g/mol. The Bertz CT molecular complexity index is 1590. The molecule has 1 aromatic carbocycles. The average Bonchev–Trinajstić information content (AvgIpc) is 3.37. The summed E-state index contributed by atoms with van der Waals surface area (Å²) in [7, 11) is -0.111. The van der Waals surface area contributed by atoms with E-state index in [-0.39, 0.29) is 0 Å². The van der Waals surface area contributed by atoms with Crippen molar-refractivity contribution >= 4 is 43.9 Å². The molecule has 0 saturated carbocycles. The maximum atomic E-state index is 12.1. The van der Waals surface area contributed by atoms with Gasteiger partial charge in [-0.15, -0.1) is 0 Å². The lowest BCUT2D eigenvalue weighted by molar-refractivity contribution is 0.0982. The summed E-state index contributed by atoms with van der Waals surface area (Å²) in [6.45, 7) is 6.91. The summed E-state index contributed by atoms with van der Waals surface area (Å²) in [6, 6.07) is 14.6. The van der Waals surface area contributed by atoms with Crippen molar-refractivity contribution in [2.75, 3.05) is 69.0 Å². The SMILES string of the molecule is CN1CCN(C2CCN(c3ccc(Nc4ncc5cnn(-c6cccc(N=S(C)(C)=O)n6)c5n4)cc3)CC2)CC1. The number of anilines is 3. The normalized spacial score (nSPS) is 17.8. The zero-order chi connectivity index (χ0) is 27.7. The van der Waals surface area contributed by atoms with Gasteiger partial charge in [0.05, 0.1) is 11.6 Å². The molecule has 0 bridgehead atoms. The van der Waals surface area contributed by atoms with Crippen LogP contribution in [0.1, 0.15) is 12.8 Å². The van der Waals surface area contributed by atoms with Crippen LogP contribution in [-0.2, 0) is 9.73 Å². The molecule has 11 nitrogen and oxygen atoms in total. The van der Waals surface area contributed by atoms with Crippen molar-refractivity contribution in [2.24, 2.45) is 4.36 Å². The number of fused-ring (bicyclic) bond motifs is 1. The molecule has 3 aromatic heterocycles. The lowest BCUT2D eigenvalue weighted by Crippen LogP contribution is -2.52. The van der Waals surface area contributed by atoms with Crippen LogP contribution < -0.4 is 10.2 Å². The summed E-state index contributed by atoms with van der Waals surface area (Å²) < 4.78 is 18.0. The van der Waals surface area contributed by atoms with Crippen LogP contribution in [0.4, 0.5) is 23.1 Å². The molecule has 0 aliphatic carbocycles. The Hall–Kier alpha value is -3.61. The quantitative estimate of drug-likeness (QED) is 0.379. The first-order chi connectivity index (χ1) is 19.3. The molecule has 1 N–H and O–H groups in total. The molecule has 0 atom stereocenters. The molecule has 0 amide bonds. The van der Waals surface area contributed by atoms with Gasteiger partial charge in [-0.1, -0.05) is 6.07 Å². The summed E-state index contributed by atoms with van der Waals surface area (Å²) in [5.74, 6) is 1.42. The Morgan fingerprint density at radius 2 is 1.68 bits per heavy atom. The van der Waals surface area contributed by atoms with E-state index in [1.807, 2.05) is 12.1 Å². The van der Waals surface area contributed by atoms with E-state index in [0.717, 1.165) is 24.2 Å². The topological polar surface area (TPSA) is 108 Å². The number of piperazine rings is 1. The Morgan fingerprint density at radius 1 is 0.925 bits per heavy atom. The summed E-state index contributed by atoms with van der Waals surface area (Å²) in [4.78, 5) is 21.3. The van der Waals surface area contributed by atoms with Crippen LogP contribution in [0.15, 0.2) is 59.2 Å². The highest BCUT2D eigenvalue weighted by Gasteiger charge is 2.26. The number of aromatic nitrogens is 5. The minimum absolute atomic E-state index is 0.396. The van der Waals surface area contributed by atoms with Gasteiger partial charge >= 0.3 is 0 Å². The van der Waals surface area contributed by atoms with Gasteiger partial charge in [0.25, 0.3) is 0 Å². The van der Waals surface area contributed by atoms with Gasteiger partial charge in [-0.3, -0.25) is 4.90 Å². The Labute approximate surface area is 235 Å². The van der Waals surface area contributed by atoms with Crippen LogP contribution >= 0.6 is 0 Å². The lowest BCUT2D eigenvalue weighted by atomic mass is 10.0. The van der Waals surface area contributed by atoms with Crippen molar-refractivity contribution in [3.8, 4) is 5.82 Å². The second-order valence-electron chi connectivity index (χ2n) is 10.9. The maximum absolute atomic E-state index is 12.1. The average molecular weight is 561 g/mol. The first-order valence-corrected chi connectivity index (χ1v) is 16.0. The molecule has 0 unspecified atom stereocenters. The molecule has 6 rings (SSSR count). The second kappa shape index (κ2) is 11.1. The first kappa shape index (κ1) is 26.6. The zero-order valence-electron chi connectivity index (χ0n) is 23.3. The first-order valence-electron chi connectivity index (χ1n) is 13.7. The Balaban J connectivity index is 1.13. The van der Waals surface area contributed by atoms with E-state index < -0.39 is 9.73 Å². The molecular weight excluding hydrogens is 524 g/mol. The molecule has 2 fully saturated rings. The van der Waals surface area contributed by atoms with E-state index in [0.29, 0.717) is 29.3 Å². The number of nitrogens with zero attached hydrogens (tertiary/aromatic N) is 9. The minimum Gasteiger partial charge on any atom is -0.371 e. The zero-order valence-corrected chi connectivity index (χ0v) is 24.1. The van der Waals surface area contributed by atoms with Crippen molar-refractivity contribution in [1.29, 1.82) is 0 Å². The fourth-order valence-corrected chi connectivity index (χ4v) is 5.96. The van der Waals surface area contributed by atoms with Gasteiger partial charge in [-0.05, 0) is 56.3 Å². The van der Waals surface area contributed by atoms with Gasteiger partial charge < -0.3 is 15.1 Å². The van der Waals surface area contributed by atoms with Crippen LogP contribution in [-0.4, -0.2) is 104 Å². The highest BCUT2D eigenvalue weighted by atomic mass is 32.2. The molecule has 0 spiro atoms. The third kappa shape index (κ3) is 6.08. The van der Waals surface area contributed by atoms with Gasteiger partial charge in [0.2, 0.25) is 5.95 Å². The van der Waals surface area contributed by atoms with Gasteiger partial charge in [-0.25, -0.2) is 14.2 Å². The summed E-state index contributed by atoms with van der Waals surface area (Å²) in [5.41, 5.74) is 2.79. The summed E-state index contributed by atoms with van der Waals surface area (Å²) >= 11 is 0. The predicted octanol–water partition coefficient (Wildman–Crippen LogP) is 3.53. The second-order valence-corrected chi connectivity index (χ2v) is 13.4. The smallest absolute Gasteiger partial charge is 0.229 e. The fourth-order valence-electron chi connectivity index (χ4n) is 5.41. The molecule has 40 heavy (non-hydrogen) atoms. The molecule has 2 aliphatic rings. The van der Waals surface area contributed by atoms with Gasteiger partial charge in [0.1, 0.15) is 0 Å². The molecule has 2 saturated heterocycles. The van der Waals surface area contributed by atoms with Crippen LogP contribution in [0.5, 0.6) is 0 Å². The minimum atomic E-state index is -2.33. The number of pyridine rings is 1. The number of piperidine rings is 1. The third-order valence-corrected chi connectivity index (χ3v) is 8.19. The molecule has 12 heteroatoms. The molecule has 2 aliphatic heterocycles. The summed E-state index contributed by atoms with van der Waals surface area (Å²) in [6.07, 6.45) is 9.04. The standard InChI is InChI=1S/C28H36N10OS/c1-35-15-17-37(18-16-35)24-11-13-36(14-12-24)23-9-7-22(8-10-23)31-28-29-19-21-20-30-38(27(21)33-28)26-6-4-5-25(32-26)34-40(2,3)39/h4-10,19-20,24H,11-18H2,1-3H3,(H,29,31,33). The number of nitrogens with one attached hydrogen (secondary N) is 1. The number of hydrogen-bond donors (Lipinski definition) is 1. The molecule has 210 valence electrons. The highest BCUT2D eigenvalue weighted by molar-refractivity contribution is 7.92. The molecule has 5 heterocycles. The Kier molecular flexibility index (Phi) is 7.39. The Morgan fingerprint density at radius 3 is 2.40 bits per heavy atom. The highest BCUT2D eigenvalue weighted by Crippen LogP contribution is 2.26. The van der Waals surface area contributed by atoms with Crippen LogP contribution in [0.3, 0.4) is 0 Å². The van der Waals surface area contributed by atoms with Gasteiger partial charge in [0, 0.05) is 85.1 Å². The molecule has 4 aromatic rings. The predicted molar refractivity (Wildman–Crippen MR) is 161 cm³/mol. The van der Waals surface area contributed by atoms with Crippen LogP contribution in [0.25, 0.3) is 16.9 Å². The number of likely N-dealkylation sites (N-methyl/N-ethyl adjacent to an activating group) is 1. The number of benzene rings is 1. The number of rotatable bonds is 6. The molecular formula is C28H36N10OS. The van der Waals surface area contributed by atoms with Gasteiger partial charge in [0.15, 0.2) is 17.3 Å². The van der Waals surface area contributed by atoms with Crippen molar-refractivity contribution in [3.05, 3.63) is 54.9 Å². The van der Waals surface area contributed by atoms with Crippen LogP contribution in [0.2, 0.25) is 0 Å². The molecule has 0 radical (unpaired) electrons. The summed E-state index contributed by atoms with van der Waals surface area (Å²) in [5, 5.41) is 8.57. The van der Waals surface area contributed by atoms with E-state index in [9.17, 15) is 4.21 Å². The largest absolute Gasteiger partial charge is 0.371 e. The number of hydrogen-bond acceptors (Lipinski definition) is 10. The lowest BCUT2D eigenvalue weighted by Gasteiger charge is -2.42. The van der Waals surface area contributed by atoms with E-state index in [2.05, 4.69) is 70.8 Å². The van der Waals surface area contributed by atoms with E-state index >= 15 is 0 Å². The van der Waals surface area contributed by atoms with Crippen molar-refractivity contribution < 1.29 is 4.21 Å². The van der Waals surface area contributed by atoms with E-state index in [1.165, 1.54) is 44.7 Å². The fraction of sp³-hybridized carbons (Fsp3) is 0.429. The maximum Gasteiger partial charge on any atom is 0.229 e. The van der Waals surface area contributed by atoms with Crippen LogP contribution in [0, 0.1) is 0 Å².